The first-order chi connectivity index (χ1) is 11.7. The second-order valence-corrected chi connectivity index (χ2v) is 6.09. The molecule has 0 unspecified atom stereocenters. The Bertz CT molecular complexity index is 685. The van der Waals surface area contributed by atoms with Crippen LogP contribution in [0.2, 0.25) is 0 Å². The predicted molar refractivity (Wildman–Crippen MR) is 93.6 cm³/mol. The number of hydrogen-bond acceptors (Lipinski definition) is 3. The van der Waals surface area contributed by atoms with Gasteiger partial charge in [0.05, 0.1) is 0 Å². The molecule has 4 nitrogen and oxygen atoms in total. The normalized spacial score (nSPS) is 14.0. The summed E-state index contributed by atoms with van der Waals surface area (Å²) in [6.07, 6.45) is 1.17. The summed E-state index contributed by atoms with van der Waals surface area (Å²) in [7, 11) is 0. The summed E-state index contributed by atoms with van der Waals surface area (Å²) in [6, 6.07) is 16.1. The summed E-state index contributed by atoms with van der Waals surface area (Å²) in [5, 5.41) is 3.02. The summed E-state index contributed by atoms with van der Waals surface area (Å²) in [5.41, 5.74) is 2.33. The van der Waals surface area contributed by atoms with Crippen LogP contribution < -0.4 is 14.8 Å². The van der Waals surface area contributed by atoms with Crippen LogP contribution in [0.5, 0.6) is 11.5 Å². The minimum Gasteiger partial charge on any atom is -0.486 e. The molecule has 4 heteroatoms. The molecule has 0 aromatic heterocycles. The molecular formula is C20H23NO3. The fourth-order valence-electron chi connectivity index (χ4n) is 2.76. The summed E-state index contributed by atoms with van der Waals surface area (Å²) in [6.45, 7) is 3.95. The van der Waals surface area contributed by atoms with Crippen LogP contribution >= 0.6 is 0 Å². The molecule has 24 heavy (non-hydrogen) atoms. The van der Waals surface area contributed by atoms with E-state index in [1.165, 1.54) is 5.56 Å². The van der Waals surface area contributed by atoms with E-state index in [-0.39, 0.29) is 5.91 Å². The number of carbonyl (C=O) groups excluding carboxylic acids is 1. The summed E-state index contributed by atoms with van der Waals surface area (Å²) in [4.78, 5) is 12.1. The third-order valence-corrected chi connectivity index (χ3v) is 4.22. The van der Waals surface area contributed by atoms with Crippen molar-refractivity contribution >= 4 is 5.91 Å². The van der Waals surface area contributed by atoms with Crippen LogP contribution in [-0.2, 0) is 11.2 Å². The third kappa shape index (κ3) is 4.28. The molecule has 0 spiro atoms. The van der Waals surface area contributed by atoms with Crippen LogP contribution in [0.15, 0.2) is 48.5 Å². The highest BCUT2D eigenvalue weighted by Crippen LogP contribution is 2.31. The van der Waals surface area contributed by atoms with Crippen molar-refractivity contribution in [1.82, 2.24) is 5.32 Å². The minimum atomic E-state index is 0.0765. The Hall–Kier alpha value is -2.49. The number of hydrogen-bond donors (Lipinski definition) is 1. The molecule has 2 aromatic carbocycles. The van der Waals surface area contributed by atoms with Crippen molar-refractivity contribution in [2.45, 2.75) is 25.7 Å². The van der Waals surface area contributed by atoms with Crippen molar-refractivity contribution in [2.24, 2.45) is 0 Å². The Morgan fingerprint density at radius 3 is 2.62 bits per heavy atom. The number of aryl methyl sites for hydroxylation is 1. The first-order valence-electron chi connectivity index (χ1n) is 8.42. The maximum Gasteiger partial charge on any atom is 0.220 e. The molecule has 0 bridgehead atoms. The van der Waals surface area contributed by atoms with E-state index in [9.17, 15) is 4.79 Å². The fourth-order valence-corrected chi connectivity index (χ4v) is 2.76. The monoisotopic (exact) mass is 325 g/mol. The van der Waals surface area contributed by atoms with Gasteiger partial charge in [-0.1, -0.05) is 43.3 Å². The smallest absolute Gasteiger partial charge is 0.220 e. The number of rotatable bonds is 6. The molecule has 3 rings (SSSR count). The highest BCUT2D eigenvalue weighted by atomic mass is 16.6. The van der Waals surface area contributed by atoms with E-state index in [2.05, 4.69) is 24.4 Å². The summed E-state index contributed by atoms with van der Waals surface area (Å²) >= 11 is 0. The molecule has 0 fully saturated rings. The molecule has 1 N–H and O–H groups in total. The molecule has 1 amide bonds. The van der Waals surface area contributed by atoms with E-state index < -0.39 is 0 Å². The van der Waals surface area contributed by atoms with Crippen molar-refractivity contribution in [3.05, 3.63) is 59.7 Å². The van der Waals surface area contributed by atoms with Gasteiger partial charge in [0.2, 0.25) is 5.91 Å². The first-order valence-corrected chi connectivity index (χ1v) is 8.42. The number of benzene rings is 2. The Balaban J connectivity index is 1.46. The van der Waals surface area contributed by atoms with Crippen LogP contribution in [0.25, 0.3) is 0 Å². The maximum absolute atomic E-state index is 12.1. The van der Waals surface area contributed by atoms with Gasteiger partial charge >= 0.3 is 0 Å². The molecule has 0 aliphatic carbocycles. The van der Waals surface area contributed by atoms with Crippen molar-refractivity contribution in [2.75, 3.05) is 19.8 Å². The van der Waals surface area contributed by atoms with Crippen LogP contribution in [0.1, 0.15) is 30.4 Å². The number of amides is 1. The number of nitrogens with one attached hydrogen (secondary N) is 1. The fraction of sp³-hybridized carbons (Fsp3) is 0.350. The van der Waals surface area contributed by atoms with E-state index in [1.54, 1.807) is 0 Å². The van der Waals surface area contributed by atoms with Crippen LogP contribution in [0.4, 0.5) is 0 Å². The third-order valence-electron chi connectivity index (χ3n) is 4.22. The summed E-state index contributed by atoms with van der Waals surface area (Å²) in [5.74, 6) is 1.94. The molecule has 2 aromatic rings. The molecule has 0 radical (unpaired) electrons. The van der Waals surface area contributed by atoms with Crippen molar-refractivity contribution in [3.8, 4) is 11.5 Å². The molecule has 0 saturated carbocycles. The van der Waals surface area contributed by atoms with Gasteiger partial charge in [-0.3, -0.25) is 4.79 Å². The SMILES string of the molecule is C[C@H](CNC(=O)CCc1ccc2c(c1)OCCO2)c1ccccc1. The molecule has 1 heterocycles. The largest absolute Gasteiger partial charge is 0.486 e. The highest BCUT2D eigenvalue weighted by Gasteiger charge is 2.12. The quantitative estimate of drug-likeness (QED) is 0.886. The highest BCUT2D eigenvalue weighted by molar-refractivity contribution is 5.76. The minimum absolute atomic E-state index is 0.0765. The first kappa shape index (κ1) is 16.4. The van der Waals surface area contributed by atoms with E-state index in [0.717, 1.165) is 17.1 Å². The lowest BCUT2D eigenvalue weighted by molar-refractivity contribution is -0.121. The average Bonchev–Trinajstić information content (AvgIpc) is 2.65. The van der Waals surface area contributed by atoms with Gasteiger partial charge in [0.1, 0.15) is 13.2 Å². The lowest BCUT2D eigenvalue weighted by atomic mass is 10.0. The van der Waals surface area contributed by atoms with E-state index in [4.69, 9.17) is 9.47 Å². The van der Waals surface area contributed by atoms with Gasteiger partial charge in [0.15, 0.2) is 11.5 Å². The van der Waals surface area contributed by atoms with E-state index >= 15 is 0 Å². The standard InChI is InChI=1S/C20H23NO3/c1-15(17-5-3-2-4-6-17)14-21-20(22)10-8-16-7-9-18-19(13-16)24-12-11-23-18/h2-7,9,13,15H,8,10-12,14H2,1H3,(H,21,22)/t15-/m1/s1. The maximum atomic E-state index is 12.1. The molecule has 0 saturated heterocycles. The average molecular weight is 325 g/mol. The van der Waals surface area contributed by atoms with Crippen LogP contribution in [0.3, 0.4) is 0 Å². The van der Waals surface area contributed by atoms with Gasteiger partial charge < -0.3 is 14.8 Å². The van der Waals surface area contributed by atoms with Crippen molar-refractivity contribution in [1.29, 1.82) is 0 Å². The van der Waals surface area contributed by atoms with Gasteiger partial charge in [-0.05, 0) is 35.6 Å². The van der Waals surface area contributed by atoms with Gasteiger partial charge in [-0.2, -0.15) is 0 Å². The van der Waals surface area contributed by atoms with Crippen LogP contribution in [-0.4, -0.2) is 25.7 Å². The lowest BCUT2D eigenvalue weighted by Gasteiger charge is -2.18. The number of fused-ring (bicyclic) bond motifs is 1. The number of carbonyl (C=O) groups is 1. The molecule has 1 aliphatic rings. The van der Waals surface area contributed by atoms with Crippen molar-refractivity contribution in [3.63, 3.8) is 0 Å². The summed E-state index contributed by atoms with van der Waals surface area (Å²) < 4.78 is 11.1. The predicted octanol–water partition coefficient (Wildman–Crippen LogP) is 3.31. The Labute approximate surface area is 142 Å². The molecule has 1 aliphatic heterocycles. The second-order valence-electron chi connectivity index (χ2n) is 6.09. The van der Waals surface area contributed by atoms with Crippen LogP contribution in [0, 0.1) is 0 Å². The van der Waals surface area contributed by atoms with Gasteiger partial charge in [0, 0.05) is 13.0 Å². The Morgan fingerprint density at radius 1 is 1.08 bits per heavy atom. The van der Waals surface area contributed by atoms with E-state index in [1.807, 2.05) is 36.4 Å². The Morgan fingerprint density at radius 2 is 1.83 bits per heavy atom. The molecular weight excluding hydrogens is 302 g/mol. The zero-order valence-electron chi connectivity index (χ0n) is 14.0. The van der Waals surface area contributed by atoms with Gasteiger partial charge in [-0.15, -0.1) is 0 Å². The lowest BCUT2D eigenvalue weighted by Crippen LogP contribution is -2.27. The van der Waals surface area contributed by atoms with Gasteiger partial charge in [-0.25, -0.2) is 0 Å². The second kappa shape index (κ2) is 7.86. The van der Waals surface area contributed by atoms with Crippen molar-refractivity contribution < 1.29 is 14.3 Å². The zero-order valence-corrected chi connectivity index (χ0v) is 14.0. The topological polar surface area (TPSA) is 47.6 Å². The Kier molecular flexibility index (Phi) is 5.36. The van der Waals surface area contributed by atoms with E-state index in [0.29, 0.717) is 38.5 Å². The molecule has 1 atom stereocenters. The molecule has 126 valence electrons. The zero-order chi connectivity index (χ0) is 16.8. The van der Waals surface area contributed by atoms with Gasteiger partial charge in [0.25, 0.3) is 0 Å². The number of ether oxygens (including phenoxy) is 2.